The SMILES string of the molecule is CC(=O)O[C@H]1[C@@H](N2CC[N+](C)(C)CC2)C[C@H]2[C@@H]3C[C@@H](N4CCCCC4)[C@@]4(O)CC(Br)CC[C@]4(C)[C@H]3CC[C@@]21C. The van der Waals surface area contributed by atoms with Crippen molar-refractivity contribution < 1.29 is 19.1 Å². The number of nitrogens with zero attached hydrogens (tertiary/aromatic N) is 3. The number of likely N-dealkylation sites (tertiary alicyclic amines) is 1. The number of piperazine rings is 1. The number of hydrogen-bond acceptors (Lipinski definition) is 5. The van der Waals surface area contributed by atoms with Crippen LogP contribution >= 0.6 is 15.9 Å². The van der Waals surface area contributed by atoms with Gasteiger partial charge in [0.25, 0.3) is 0 Å². The summed E-state index contributed by atoms with van der Waals surface area (Å²) in [5.74, 6) is 1.57. The number of fused-ring (bicyclic) bond motifs is 5. The van der Waals surface area contributed by atoms with Gasteiger partial charge in [-0.2, -0.15) is 0 Å². The lowest BCUT2D eigenvalue weighted by Gasteiger charge is -2.67. The van der Waals surface area contributed by atoms with Gasteiger partial charge in [0.1, 0.15) is 6.10 Å². The lowest BCUT2D eigenvalue weighted by Crippen LogP contribution is -2.72. The zero-order valence-electron chi connectivity index (χ0n) is 25.3. The maximum atomic E-state index is 12.8. The van der Waals surface area contributed by atoms with E-state index in [1.165, 1.54) is 19.3 Å². The molecule has 10 atom stereocenters. The minimum atomic E-state index is -0.630. The van der Waals surface area contributed by atoms with Crippen LogP contribution in [0.3, 0.4) is 0 Å². The van der Waals surface area contributed by atoms with Crippen molar-refractivity contribution >= 4 is 21.9 Å². The molecular formula is C32H55BrN3O3+. The Morgan fingerprint density at radius 1 is 0.949 bits per heavy atom. The molecule has 4 aliphatic carbocycles. The Morgan fingerprint density at radius 2 is 1.64 bits per heavy atom. The summed E-state index contributed by atoms with van der Waals surface area (Å²) < 4.78 is 7.42. The van der Waals surface area contributed by atoms with E-state index in [-0.39, 0.29) is 28.9 Å². The minimum Gasteiger partial charge on any atom is -0.460 e. The first kappa shape index (κ1) is 28.9. The second-order valence-corrected chi connectivity index (χ2v) is 17.0. The third-order valence-electron chi connectivity index (χ3n) is 13.3. The van der Waals surface area contributed by atoms with E-state index in [1.54, 1.807) is 6.92 Å². The number of alkyl halides is 1. The lowest BCUT2D eigenvalue weighted by molar-refractivity contribution is -0.894. The quantitative estimate of drug-likeness (QED) is 0.287. The van der Waals surface area contributed by atoms with Crippen LogP contribution in [0.2, 0.25) is 0 Å². The smallest absolute Gasteiger partial charge is 0.302 e. The molecule has 0 aromatic rings. The van der Waals surface area contributed by atoms with Crippen LogP contribution in [-0.4, -0.2) is 107 Å². The average molecular weight is 610 g/mol. The van der Waals surface area contributed by atoms with Crippen LogP contribution in [0, 0.1) is 28.6 Å². The molecular weight excluding hydrogens is 554 g/mol. The number of carbonyl (C=O) groups is 1. The van der Waals surface area contributed by atoms with Crippen LogP contribution in [0.1, 0.15) is 85.0 Å². The van der Waals surface area contributed by atoms with E-state index in [9.17, 15) is 9.90 Å². The Labute approximate surface area is 245 Å². The lowest BCUT2D eigenvalue weighted by atomic mass is 9.42. The third-order valence-corrected chi connectivity index (χ3v) is 14.1. The molecule has 6 fully saturated rings. The van der Waals surface area contributed by atoms with E-state index in [0.717, 1.165) is 88.7 Å². The van der Waals surface area contributed by atoms with Crippen molar-refractivity contribution in [2.75, 3.05) is 53.4 Å². The molecule has 6 aliphatic rings. The van der Waals surface area contributed by atoms with E-state index >= 15 is 0 Å². The van der Waals surface area contributed by atoms with Crippen molar-refractivity contribution in [3.8, 4) is 0 Å². The molecule has 0 spiro atoms. The van der Waals surface area contributed by atoms with Crippen molar-refractivity contribution in [1.82, 2.24) is 9.80 Å². The van der Waals surface area contributed by atoms with Crippen molar-refractivity contribution in [3.05, 3.63) is 0 Å². The summed E-state index contributed by atoms with van der Waals surface area (Å²) in [7, 11) is 4.68. The molecule has 2 saturated heterocycles. The second kappa shape index (κ2) is 10.2. The Kier molecular flexibility index (Phi) is 7.56. The van der Waals surface area contributed by atoms with Crippen molar-refractivity contribution in [2.45, 2.75) is 114 Å². The third kappa shape index (κ3) is 4.67. The van der Waals surface area contributed by atoms with Crippen LogP contribution in [0.25, 0.3) is 0 Å². The van der Waals surface area contributed by atoms with E-state index < -0.39 is 5.60 Å². The zero-order valence-corrected chi connectivity index (χ0v) is 26.9. The van der Waals surface area contributed by atoms with E-state index in [4.69, 9.17) is 4.74 Å². The Bertz CT molecular complexity index is 932. The summed E-state index contributed by atoms with van der Waals surface area (Å²) in [4.78, 5) is 18.3. The van der Waals surface area contributed by atoms with Crippen LogP contribution in [0.5, 0.6) is 0 Å². The number of quaternary nitrogens is 1. The first-order valence-corrected chi connectivity index (χ1v) is 17.1. The molecule has 0 amide bonds. The number of carbonyl (C=O) groups excluding carboxylic acids is 1. The van der Waals surface area contributed by atoms with Gasteiger partial charge < -0.3 is 14.3 Å². The predicted molar refractivity (Wildman–Crippen MR) is 159 cm³/mol. The molecule has 2 aliphatic heterocycles. The topological polar surface area (TPSA) is 53.0 Å². The Hall–Kier alpha value is -0.210. The van der Waals surface area contributed by atoms with Gasteiger partial charge in [0.15, 0.2) is 0 Å². The highest BCUT2D eigenvalue weighted by atomic mass is 79.9. The summed E-state index contributed by atoms with van der Waals surface area (Å²) in [5, 5.41) is 12.8. The average Bonchev–Trinajstić information content (AvgIpc) is 3.17. The standard InChI is InChI=1S/C32H55BrN3O3/c1-22(37)39-29-27(34-15-17-36(4,5)18-16-34)20-26-24-19-28(35-13-7-6-8-14-35)32(38)21-23(33)9-12-31(32,3)25(24)10-11-30(26,29)2/h23-29,38H,6-21H2,1-5H3/q+1/t23?,24-,25+,26+,27+,28-,29+,30+,31-,32+/m1/s1. The maximum absolute atomic E-state index is 12.8. The van der Waals surface area contributed by atoms with Crippen LogP contribution in [0.15, 0.2) is 0 Å². The van der Waals surface area contributed by atoms with Crippen LogP contribution in [-0.2, 0) is 9.53 Å². The molecule has 0 aromatic heterocycles. The van der Waals surface area contributed by atoms with Gasteiger partial charge in [-0.05, 0) is 88.6 Å². The summed E-state index contributed by atoms with van der Waals surface area (Å²) in [5.41, 5.74) is -0.662. The van der Waals surface area contributed by atoms with E-state index in [0.29, 0.717) is 28.6 Å². The molecule has 39 heavy (non-hydrogen) atoms. The highest BCUT2D eigenvalue weighted by molar-refractivity contribution is 9.09. The molecule has 222 valence electrons. The predicted octanol–water partition coefficient (Wildman–Crippen LogP) is 4.67. The van der Waals surface area contributed by atoms with Crippen LogP contribution < -0.4 is 0 Å². The minimum absolute atomic E-state index is 0.0181. The molecule has 6 nitrogen and oxygen atoms in total. The van der Waals surface area contributed by atoms with Gasteiger partial charge in [-0.3, -0.25) is 14.6 Å². The van der Waals surface area contributed by atoms with Crippen molar-refractivity contribution in [3.63, 3.8) is 0 Å². The van der Waals surface area contributed by atoms with Gasteiger partial charge >= 0.3 is 5.97 Å². The monoisotopic (exact) mass is 608 g/mol. The summed E-state index contributed by atoms with van der Waals surface area (Å²) >= 11 is 3.96. The van der Waals surface area contributed by atoms with E-state index in [1.807, 2.05) is 0 Å². The molecule has 0 radical (unpaired) electrons. The van der Waals surface area contributed by atoms with Gasteiger partial charge in [0.05, 0.1) is 32.8 Å². The molecule has 6 rings (SSSR count). The molecule has 0 aromatic carbocycles. The summed E-state index contributed by atoms with van der Waals surface area (Å²) in [6.07, 6.45) is 11.5. The number of halogens is 1. The number of esters is 1. The molecule has 0 bridgehead atoms. The van der Waals surface area contributed by atoms with Crippen molar-refractivity contribution in [2.24, 2.45) is 28.6 Å². The zero-order chi connectivity index (χ0) is 27.8. The van der Waals surface area contributed by atoms with Gasteiger partial charge in [0.2, 0.25) is 0 Å². The molecule has 2 heterocycles. The summed E-state index contributed by atoms with van der Waals surface area (Å²) in [6.45, 7) is 13.3. The number of ether oxygens (including phenoxy) is 1. The fourth-order valence-corrected chi connectivity index (χ4v) is 11.7. The molecule has 1 N–H and O–H groups in total. The molecule has 1 unspecified atom stereocenters. The largest absolute Gasteiger partial charge is 0.460 e. The number of likely N-dealkylation sites (N-methyl/N-ethyl adjacent to an activating group) is 1. The first-order valence-electron chi connectivity index (χ1n) is 16.2. The molecule has 4 saturated carbocycles. The highest BCUT2D eigenvalue weighted by Gasteiger charge is 2.70. The fourth-order valence-electron chi connectivity index (χ4n) is 11.0. The van der Waals surface area contributed by atoms with Crippen molar-refractivity contribution in [1.29, 1.82) is 0 Å². The molecule has 7 heteroatoms. The van der Waals surface area contributed by atoms with Gasteiger partial charge in [-0.1, -0.05) is 36.2 Å². The van der Waals surface area contributed by atoms with Gasteiger partial charge in [-0.15, -0.1) is 0 Å². The fraction of sp³-hybridized carbons (Fsp3) is 0.969. The van der Waals surface area contributed by atoms with Gasteiger partial charge in [0, 0.05) is 47.8 Å². The number of aliphatic hydroxyl groups is 1. The van der Waals surface area contributed by atoms with Gasteiger partial charge in [-0.25, -0.2) is 0 Å². The van der Waals surface area contributed by atoms with Crippen LogP contribution in [0.4, 0.5) is 0 Å². The highest BCUT2D eigenvalue weighted by Crippen LogP contribution is 2.68. The Morgan fingerprint density at radius 3 is 2.31 bits per heavy atom. The second-order valence-electron chi connectivity index (χ2n) is 15.7. The normalized spacial score (nSPS) is 50.5. The maximum Gasteiger partial charge on any atom is 0.302 e. The first-order chi connectivity index (χ1) is 18.4. The Balaban J connectivity index is 1.35. The summed E-state index contributed by atoms with van der Waals surface area (Å²) in [6, 6.07) is 0.564. The van der Waals surface area contributed by atoms with E-state index in [2.05, 4.69) is 53.7 Å². The number of hydrogen-bond donors (Lipinski definition) is 1. The number of piperidine rings is 1. The number of rotatable bonds is 3.